The van der Waals surface area contributed by atoms with Gasteiger partial charge in [-0.15, -0.1) is 11.6 Å². The quantitative estimate of drug-likeness (QED) is 0.700. The van der Waals surface area contributed by atoms with Gasteiger partial charge in [-0.25, -0.2) is 0 Å². The summed E-state index contributed by atoms with van der Waals surface area (Å²) in [5, 5.41) is 0.123. The van der Waals surface area contributed by atoms with Crippen molar-refractivity contribution in [2.75, 3.05) is 13.1 Å². The Balaban J connectivity index is 1.96. The first-order valence-corrected chi connectivity index (χ1v) is 8.15. The van der Waals surface area contributed by atoms with Crippen molar-refractivity contribution in [3.05, 3.63) is 35.4 Å². The van der Waals surface area contributed by atoms with Gasteiger partial charge in [0.25, 0.3) is 0 Å². The van der Waals surface area contributed by atoms with Crippen LogP contribution in [0.3, 0.4) is 0 Å². The van der Waals surface area contributed by atoms with Crippen LogP contribution < -0.4 is 0 Å². The minimum atomic E-state index is 0.123. The van der Waals surface area contributed by atoms with E-state index in [1.807, 2.05) is 0 Å². The monoisotopic (exact) mass is 279 g/mol. The summed E-state index contributed by atoms with van der Waals surface area (Å²) in [4.78, 5) is 2.59. The van der Waals surface area contributed by atoms with E-state index in [1.165, 1.54) is 43.4 Å². The Bertz CT molecular complexity index is 373. The van der Waals surface area contributed by atoms with Crippen LogP contribution in [0, 0.1) is 0 Å². The Labute approximate surface area is 123 Å². The Morgan fingerprint density at radius 1 is 1.21 bits per heavy atom. The van der Waals surface area contributed by atoms with Gasteiger partial charge in [-0.2, -0.15) is 0 Å². The van der Waals surface area contributed by atoms with Gasteiger partial charge in [-0.3, -0.25) is 4.90 Å². The molecule has 2 unspecified atom stereocenters. The van der Waals surface area contributed by atoms with Crippen LogP contribution in [0.15, 0.2) is 24.3 Å². The number of hydrogen-bond acceptors (Lipinski definition) is 1. The maximum atomic E-state index is 6.62. The Morgan fingerprint density at radius 2 is 1.95 bits per heavy atom. The fourth-order valence-electron chi connectivity index (χ4n) is 3.04. The van der Waals surface area contributed by atoms with Gasteiger partial charge >= 0.3 is 0 Å². The number of benzene rings is 1. The summed E-state index contributed by atoms with van der Waals surface area (Å²) in [5.74, 6) is 0. The lowest BCUT2D eigenvalue weighted by atomic mass is 9.99. The van der Waals surface area contributed by atoms with Crippen molar-refractivity contribution in [3.8, 4) is 0 Å². The molecule has 1 aromatic carbocycles. The molecule has 2 heteroatoms. The highest BCUT2D eigenvalue weighted by Crippen LogP contribution is 2.27. The summed E-state index contributed by atoms with van der Waals surface area (Å²) in [7, 11) is 0. The fraction of sp³-hybridized carbons (Fsp3) is 0.647. The van der Waals surface area contributed by atoms with Crippen molar-refractivity contribution in [2.45, 2.75) is 57.4 Å². The maximum Gasteiger partial charge on any atom is 0.0712 e. The van der Waals surface area contributed by atoms with E-state index < -0.39 is 0 Å². The van der Waals surface area contributed by atoms with Gasteiger partial charge in [0.1, 0.15) is 0 Å². The Kier molecular flexibility index (Phi) is 5.72. The van der Waals surface area contributed by atoms with Gasteiger partial charge in [-0.1, -0.05) is 44.5 Å². The van der Waals surface area contributed by atoms with E-state index in [-0.39, 0.29) is 5.38 Å². The second-order valence-electron chi connectivity index (χ2n) is 5.62. The molecule has 1 aliphatic heterocycles. The molecule has 0 N–H and O–H groups in total. The largest absolute Gasteiger partial charge is 0.299 e. The summed E-state index contributed by atoms with van der Waals surface area (Å²) < 4.78 is 0. The standard InChI is InChI=1S/C17H26ClN/c1-3-14-8-10-15(11-9-14)17(18)13-19-12-6-5-7-16(19)4-2/h8-11,16-17H,3-7,12-13H2,1-2H3. The molecule has 1 aromatic rings. The highest BCUT2D eigenvalue weighted by Gasteiger charge is 2.23. The van der Waals surface area contributed by atoms with Crippen LogP contribution >= 0.6 is 11.6 Å². The zero-order valence-corrected chi connectivity index (χ0v) is 13.0. The second kappa shape index (κ2) is 7.31. The first kappa shape index (κ1) is 14.9. The number of hydrogen-bond donors (Lipinski definition) is 0. The van der Waals surface area contributed by atoms with Crippen LogP contribution in [0.1, 0.15) is 56.0 Å². The van der Waals surface area contributed by atoms with Gasteiger partial charge in [0.15, 0.2) is 0 Å². The van der Waals surface area contributed by atoms with Crippen LogP contribution in [-0.2, 0) is 6.42 Å². The number of aryl methyl sites for hydroxylation is 1. The van der Waals surface area contributed by atoms with E-state index in [0.29, 0.717) is 0 Å². The maximum absolute atomic E-state index is 6.62. The lowest BCUT2D eigenvalue weighted by Gasteiger charge is -2.36. The van der Waals surface area contributed by atoms with Crippen molar-refractivity contribution in [2.24, 2.45) is 0 Å². The molecule has 0 aliphatic carbocycles. The van der Waals surface area contributed by atoms with E-state index in [9.17, 15) is 0 Å². The van der Waals surface area contributed by atoms with Crippen molar-refractivity contribution >= 4 is 11.6 Å². The molecule has 19 heavy (non-hydrogen) atoms. The normalized spacial score (nSPS) is 22.4. The zero-order chi connectivity index (χ0) is 13.7. The highest BCUT2D eigenvalue weighted by molar-refractivity contribution is 6.21. The number of nitrogens with zero attached hydrogens (tertiary/aromatic N) is 1. The second-order valence-corrected chi connectivity index (χ2v) is 6.14. The minimum absolute atomic E-state index is 0.123. The SMILES string of the molecule is CCc1ccc(C(Cl)CN2CCCCC2CC)cc1. The lowest BCUT2D eigenvalue weighted by Crippen LogP contribution is -2.40. The molecule has 0 amide bonds. The summed E-state index contributed by atoms with van der Waals surface area (Å²) in [6.45, 7) is 6.69. The van der Waals surface area contributed by atoms with Crippen molar-refractivity contribution in [1.82, 2.24) is 4.90 Å². The summed E-state index contributed by atoms with van der Waals surface area (Å²) in [6, 6.07) is 9.55. The number of piperidine rings is 1. The van der Waals surface area contributed by atoms with Crippen LogP contribution in [-0.4, -0.2) is 24.0 Å². The van der Waals surface area contributed by atoms with Gasteiger partial charge in [-0.05, 0) is 43.4 Å². The molecular formula is C17H26ClN. The average Bonchev–Trinajstić information content (AvgIpc) is 2.48. The molecule has 106 valence electrons. The average molecular weight is 280 g/mol. The van der Waals surface area contributed by atoms with Gasteiger partial charge in [0.05, 0.1) is 5.38 Å². The minimum Gasteiger partial charge on any atom is -0.299 e. The molecule has 0 aromatic heterocycles. The smallest absolute Gasteiger partial charge is 0.0712 e. The van der Waals surface area contributed by atoms with E-state index in [1.54, 1.807) is 0 Å². The van der Waals surface area contributed by atoms with E-state index in [4.69, 9.17) is 11.6 Å². The first-order chi connectivity index (χ1) is 9.24. The van der Waals surface area contributed by atoms with E-state index in [2.05, 4.69) is 43.0 Å². The number of likely N-dealkylation sites (tertiary alicyclic amines) is 1. The third-order valence-corrected chi connectivity index (χ3v) is 4.75. The van der Waals surface area contributed by atoms with Gasteiger partial charge < -0.3 is 0 Å². The Hall–Kier alpha value is -0.530. The molecule has 0 spiro atoms. The van der Waals surface area contributed by atoms with Gasteiger partial charge in [0.2, 0.25) is 0 Å². The third-order valence-electron chi connectivity index (χ3n) is 4.36. The Morgan fingerprint density at radius 3 is 2.58 bits per heavy atom. The zero-order valence-electron chi connectivity index (χ0n) is 12.2. The van der Waals surface area contributed by atoms with Crippen molar-refractivity contribution in [3.63, 3.8) is 0 Å². The van der Waals surface area contributed by atoms with E-state index in [0.717, 1.165) is 19.0 Å². The molecule has 1 aliphatic rings. The lowest BCUT2D eigenvalue weighted by molar-refractivity contribution is 0.144. The first-order valence-electron chi connectivity index (χ1n) is 7.71. The van der Waals surface area contributed by atoms with Crippen LogP contribution in [0.4, 0.5) is 0 Å². The van der Waals surface area contributed by atoms with Crippen LogP contribution in [0.25, 0.3) is 0 Å². The highest BCUT2D eigenvalue weighted by atomic mass is 35.5. The molecule has 2 rings (SSSR count). The topological polar surface area (TPSA) is 3.24 Å². The third kappa shape index (κ3) is 3.97. The number of alkyl halides is 1. The van der Waals surface area contributed by atoms with Crippen molar-refractivity contribution in [1.29, 1.82) is 0 Å². The molecule has 1 saturated heterocycles. The molecular weight excluding hydrogens is 254 g/mol. The van der Waals surface area contributed by atoms with Gasteiger partial charge in [0, 0.05) is 12.6 Å². The number of rotatable bonds is 5. The fourth-order valence-corrected chi connectivity index (χ4v) is 3.36. The molecule has 0 saturated carbocycles. The summed E-state index contributed by atoms with van der Waals surface area (Å²) in [5.41, 5.74) is 2.65. The summed E-state index contributed by atoms with van der Waals surface area (Å²) in [6.07, 6.45) is 6.40. The predicted octanol–water partition coefficient (Wildman–Crippen LogP) is 4.79. The molecule has 1 fully saturated rings. The summed E-state index contributed by atoms with van der Waals surface area (Å²) >= 11 is 6.62. The van der Waals surface area contributed by atoms with Crippen LogP contribution in [0.2, 0.25) is 0 Å². The van der Waals surface area contributed by atoms with Crippen LogP contribution in [0.5, 0.6) is 0 Å². The molecule has 1 nitrogen and oxygen atoms in total. The predicted molar refractivity (Wildman–Crippen MR) is 83.9 cm³/mol. The molecule has 1 heterocycles. The van der Waals surface area contributed by atoms with E-state index >= 15 is 0 Å². The molecule has 2 atom stereocenters. The molecule has 0 bridgehead atoms. The number of halogens is 1. The van der Waals surface area contributed by atoms with Crippen molar-refractivity contribution < 1.29 is 0 Å². The molecule has 0 radical (unpaired) electrons.